The highest BCUT2D eigenvalue weighted by molar-refractivity contribution is 6.39. The molecule has 9 nitrogen and oxygen atoms in total. The second kappa shape index (κ2) is 7.23. The summed E-state index contributed by atoms with van der Waals surface area (Å²) in [6, 6.07) is 8.06. The highest BCUT2D eigenvalue weighted by Crippen LogP contribution is 2.27. The van der Waals surface area contributed by atoms with Crippen LogP contribution in [0.4, 0.5) is 10.5 Å². The number of anilines is 1. The first-order valence-electron chi connectivity index (χ1n) is 7.91. The number of amides is 4. The first-order chi connectivity index (χ1) is 13.3. The summed E-state index contributed by atoms with van der Waals surface area (Å²) in [6.45, 7) is 0. The second-order valence-electron chi connectivity index (χ2n) is 5.72. The Kier molecular flexibility index (Phi) is 4.82. The van der Waals surface area contributed by atoms with E-state index < -0.39 is 23.8 Å². The fourth-order valence-electron chi connectivity index (χ4n) is 2.59. The van der Waals surface area contributed by atoms with Crippen LogP contribution in [0.1, 0.15) is 15.9 Å². The molecule has 2 aromatic rings. The van der Waals surface area contributed by atoms with Gasteiger partial charge < -0.3 is 14.9 Å². The number of carbonyl (C=O) groups is 4. The number of nitrogens with zero attached hydrogens (tertiary/aromatic N) is 1. The van der Waals surface area contributed by atoms with E-state index in [1.54, 1.807) is 0 Å². The number of aromatic carboxylic acids is 1. The average molecular weight is 381 g/mol. The molecule has 0 aromatic heterocycles. The first-order valence-corrected chi connectivity index (χ1v) is 7.91. The lowest BCUT2D eigenvalue weighted by atomic mass is 10.1. The number of nitrogens with one attached hydrogen (secondary N) is 1. The Morgan fingerprint density at radius 3 is 2.43 bits per heavy atom. The third-order valence-electron chi connectivity index (χ3n) is 3.97. The zero-order valence-electron chi connectivity index (χ0n) is 14.5. The lowest BCUT2D eigenvalue weighted by Crippen LogP contribution is -2.54. The number of carboxylic acid groups (broad SMARTS) is 1. The fourth-order valence-corrected chi connectivity index (χ4v) is 2.59. The molecule has 1 aliphatic rings. The molecule has 0 radical (unpaired) electrons. The van der Waals surface area contributed by atoms with E-state index in [-0.39, 0.29) is 28.3 Å². The number of rotatable bonds is 4. The van der Waals surface area contributed by atoms with Gasteiger partial charge in [-0.3, -0.25) is 14.9 Å². The zero-order chi connectivity index (χ0) is 20.4. The van der Waals surface area contributed by atoms with Gasteiger partial charge in [0, 0.05) is 0 Å². The molecule has 0 aliphatic carbocycles. The van der Waals surface area contributed by atoms with E-state index in [1.807, 2.05) is 0 Å². The van der Waals surface area contributed by atoms with E-state index in [2.05, 4.69) is 5.32 Å². The van der Waals surface area contributed by atoms with Crippen LogP contribution in [-0.2, 0) is 9.59 Å². The normalized spacial score (nSPS) is 15.5. The number of hydrogen-bond donors (Lipinski definition) is 2. The standard InChI is InChI=1S/C19H14N2O7/c1-28-15-9-10(2-7-14(15)22)8-13-16(23)20-19(27)21(17(13)24)12-5-3-11(4-6-12)18(25)26/h2-9,22H,1H3,(H,25,26)(H,20,23,27)/p-1/b13-8+. The molecule has 1 heterocycles. The molecule has 0 bridgehead atoms. The van der Waals surface area contributed by atoms with Crippen LogP contribution in [0.3, 0.4) is 0 Å². The lowest BCUT2D eigenvalue weighted by molar-refractivity contribution is -0.270. The monoisotopic (exact) mass is 381 g/mol. The van der Waals surface area contributed by atoms with Crippen molar-refractivity contribution in [3.63, 3.8) is 0 Å². The predicted molar refractivity (Wildman–Crippen MR) is 94.8 cm³/mol. The van der Waals surface area contributed by atoms with Gasteiger partial charge in [-0.15, -0.1) is 0 Å². The Balaban J connectivity index is 1.99. The van der Waals surface area contributed by atoms with Crippen LogP contribution in [0.25, 0.3) is 6.08 Å². The second-order valence-corrected chi connectivity index (χ2v) is 5.72. The van der Waals surface area contributed by atoms with E-state index in [0.717, 1.165) is 4.90 Å². The molecule has 2 N–H and O–H groups in total. The Labute approximate surface area is 158 Å². The van der Waals surface area contributed by atoms with Crippen molar-refractivity contribution in [3.8, 4) is 11.5 Å². The fraction of sp³-hybridized carbons (Fsp3) is 0.0526. The van der Waals surface area contributed by atoms with Crippen LogP contribution in [0, 0.1) is 0 Å². The van der Waals surface area contributed by atoms with Gasteiger partial charge in [-0.25, -0.2) is 14.5 Å². The van der Waals surface area contributed by atoms with Crippen LogP contribution in [0.5, 0.6) is 11.5 Å². The quantitative estimate of drug-likeness (QED) is 0.598. The third kappa shape index (κ3) is 3.40. The summed E-state index contributed by atoms with van der Waals surface area (Å²) < 4.78 is 4.93. The maximum Gasteiger partial charge on any atom is 0.335 e. The minimum absolute atomic E-state index is 0.0229. The number of hydrogen-bond acceptors (Lipinski definition) is 6. The Morgan fingerprint density at radius 2 is 1.82 bits per heavy atom. The number of urea groups is 1. The SMILES string of the molecule is COc1cc(/C=C2\C(=O)NC(=O)N(c3ccc(C(=O)O)cc3)C2=O)ccc1[O-]. The largest absolute Gasteiger partial charge is 0.870 e. The molecule has 1 saturated heterocycles. The lowest BCUT2D eigenvalue weighted by Gasteiger charge is -2.26. The number of methoxy groups -OCH3 is 1. The summed E-state index contributed by atoms with van der Waals surface area (Å²) >= 11 is 0. The zero-order valence-corrected chi connectivity index (χ0v) is 14.5. The van der Waals surface area contributed by atoms with Gasteiger partial charge in [0.2, 0.25) is 0 Å². The van der Waals surface area contributed by atoms with Crippen LogP contribution in [-0.4, -0.2) is 36.0 Å². The van der Waals surface area contributed by atoms with Crippen LogP contribution in [0.2, 0.25) is 0 Å². The first kappa shape index (κ1) is 18.6. The van der Waals surface area contributed by atoms with E-state index in [4.69, 9.17) is 9.84 Å². The van der Waals surface area contributed by atoms with Gasteiger partial charge in [0.1, 0.15) is 11.3 Å². The summed E-state index contributed by atoms with van der Waals surface area (Å²) in [5.74, 6) is -3.26. The summed E-state index contributed by atoms with van der Waals surface area (Å²) in [5, 5.41) is 22.6. The van der Waals surface area contributed by atoms with Gasteiger partial charge in [-0.05, 0) is 42.0 Å². The molecule has 0 atom stereocenters. The van der Waals surface area contributed by atoms with E-state index in [9.17, 15) is 24.3 Å². The molecule has 1 fully saturated rings. The Morgan fingerprint density at radius 1 is 1.14 bits per heavy atom. The van der Waals surface area contributed by atoms with Crippen molar-refractivity contribution in [2.75, 3.05) is 12.0 Å². The maximum absolute atomic E-state index is 12.8. The summed E-state index contributed by atoms with van der Waals surface area (Å²) in [7, 11) is 1.31. The van der Waals surface area contributed by atoms with Gasteiger partial charge in [0.15, 0.2) is 0 Å². The number of carboxylic acids is 1. The number of benzene rings is 2. The molecule has 2 aromatic carbocycles. The highest BCUT2D eigenvalue weighted by Gasteiger charge is 2.36. The maximum atomic E-state index is 12.8. The third-order valence-corrected chi connectivity index (χ3v) is 3.97. The molecular formula is C19H13N2O7-. The van der Waals surface area contributed by atoms with Crippen LogP contribution >= 0.6 is 0 Å². The van der Waals surface area contributed by atoms with Crippen LogP contribution < -0.4 is 20.1 Å². The highest BCUT2D eigenvalue weighted by atomic mass is 16.5. The van der Waals surface area contributed by atoms with Gasteiger partial charge in [0.25, 0.3) is 11.8 Å². The van der Waals surface area contributed by atoms with Crippen molar-refractivity contribution in [2.24, 2.45) is 0 Å². The molecule has 0 spiro atoms. The molecule has 4 amide bonds. The van der Waals surface area contributed by atoms with E-state index >= 15 is 0 Å². The van der Waals surface area contributed by atoms with E-state index in [0.29, 0.717) is 5.56 Å². The van der Waals surface area contributed by atoms with Crippen molar-refractivity contribution < 1.29 is 34.1 Å². The van der Waals surface area contributed by atoms with Gasteiger partial charge >= 0.3 is 12.0 Å². The van der Waals surface area contributed by atoms with Crippen molar-refractivity contribution in [3.05, 3.63) is 59.2 Å². The molecule has 0 unspecified atom stereocenters. The summed E-state index contributed by atoms with van der Waals surface area (Å²) in [4.78, 5) is 48.7. The van der Waals surface area contributed by atoms with Crippen molar-refractivity contribution in [1.29, 1.82) is 0 Å². The molecular weight excluding hydrogens is 368 g/mol. The molecule has 3 rings (SSSR count). The number of ether oxygens (including phenoxy) is 1. The van der Waals surface area contributed by atoms with Gasteiger partial charge in [-0.1, -0.05) is 17.9 Å². The number of barbiturate groups is 1. The predicted octanol–water partition coefficient (Wildman–Crippen LogP) is 1.13. The minimum atomic E-state index is -1.16. The Hall–Kier alpha value is -4.14. The number of carbonyl (C=O) groups excluding carboxylic acids is 3. The molecule has 1 aliphatic heterocycles. The van der Waals surface area contributed by atoms with Crippen molar-refractivity contribution >= 4 is 35.6 Å². The van der Waals surface area contributed by atoms with Crippen LogP contribution in [0.15, 0.2) is 48.0 Å². The minimum Gasteiger partial charge on any atom is -0.870 e. The van der Waals surface area contributed by atoms with Crippen molar-refractivity contribution in [2.45, 2.75) is 0 Å². The van der Waals surface area contributed by atoms with Gasteiger partial charge in [-0.2, -0.15) is 0 Å². The Bertz CT molecular complexity index is 1030. The molecule has 9 heteroatoms. The molecule has 142 valence electrons. The number of imide groups is 2. The molecule has 0 saturated carbocycles. The molecule has 28 heavy (non-hydrogen) atoms. The average Bonchev–Trinajstić information content (AvgIpc) is 2.66. The topological polar surface area (TPSA) is 136 Å². The van der Waals surface area contributed by atoms with Gasteiger partial charge in [0.05, 0.1) is 18.4 Å². The van der Waals surface area contributed by atoms with Crippen molar-refractivity contribution in [1.82, 2.24) is 5.32 Å². The summed E-state index contributed by atoms with van der Waals surface area (Å²) in [5.41, 5.74) is 0.0942. The smallest absolute Gasteiger partial charge is 0.335 e. The summed E-state index contributed by atoms with van der Waals surface area (Å²) in [6.07, 6.45) is 1.23. The van der Waals surface area contributed by atoms with E-state index in [1.165, 1.54) is 55.7 Å².